The lowest BCUT2D eigenvalue weighted by molar-refractivity contribution is -0.137. The van der Waals surface area contributed by atoms with Gasteiger partial charge in [-0.25, -0.2) is 4.79 Å². The largest absolute Gasteiger partial charge is 0.497 e. The second-order valence-corrected chi connectivity index (χ2v) is 6.10. The van der Waals surface area contributed by atoms with Gasteiger partial charge in [-0.05, 0) is 42.5 Å². The summed E-state index contributed by atoms with van der Waals surface area (Å²) in [5.41, 5.74) is -0.415. The fraction of sp³-hybridized carbons (Fsp3) is 0.263. The Bertz CT molecular complexity index is 868. The average molecular weight is 394 g/mol. The van der Waals surface area contributed by atoms with Gasteiger partial charge in [-0.2, -0.15) is 13.2 Å². The Morgan fingerprint density at radius 1 is 1.25 bits per heavy atom. The standard InChI is InChI=1S/C19H17F3N2O4/c1-27-15-7-5-14(6-8-15)24-11-16(28-18(24)26)10-23-17(25)12-3-2-4-13(9-12)19(20,21)22/h2-9,16H,10-11H2,1H3,(H,23,25)/t16-/m1/s1. The number of hydrogen-bond donors (Lipinski definition) is 1. The number of ether oxygens (including phenoxy) is 2. The van der Waals surface area contributed by atoms with Crippen molar-refractivity contribution in [3.05, 3.63) is 59.7 Å². The highest BCUT2D eigenvalue weighted by molar-refractivity contribution is 5.94. The Balaban J connectivity index is 1.59. The highest BCUT2D eigenvalue weighted by Gasteiger charge is 2.33. The van der Waals surface area contributed by atoms with Crippen LogP contribution in [-0.2, 0) is 10.9 Å². The number of carbonyl (C=O) groups is 2. The number of methoxy groups -OCH3 is 1. The average Bonchev–Trinajstić information content (AvgIpc) is 3.06. The van der Waals surface area contributed by atoms with E-state index in [9.17, 15) is 22.8 Å². The Morgan fingerprint density at radius 3 is 2.61 bits per heavy atom. The van der Waals surface area contributed by atoms with Gasteiger partial charge < -0.3 is 14.8 Å². The number of nitrogens with zero attached hydrogens (tertiary/aromatic N) is 1. The summed E-state index contributed by atoms with van der Waals surface area (Å²) in [6.07, 6.45) is -5.72. The number of amides is 2. The third-order valence-electron chi connectivity index (χ3n) is 4.20. The molecule has 28 heavy (non-hydrogen) atoms. The summed E-state index contributed by atoms with van der Waals surface area (Å²) in [5, 5.41) is 2.50. The minimum absolute atomic E-state index is 0.0204. The van der Waals surface area contributed by atoms with Crippen molar-refractivity contribution in [1.82, 2.24) is 5.32 Å². The SMILES string of the molecule is COc1ccc(N2C[C@@H](CNC(=O)c3cccc(C(F)(F)F)c3)OC2=O)cc1. The fourth-order valence-corrected chi connectivity index (χ4v) is 2.75. The van der Waals surface area contributed by atoms with E-state index in [2.05, 4.69) is 5.32 Å². The van der Waals surface area contributed by atoms with Crippen LogP contribution in [0.25, 0.3) is 0 Å². The summed E-state index contributed by atoms with van der Waals surface area (Å²) in [6.45, 7) is 0.182. The molecule has 0 aliphatic carbocycles. The Labute approximate surface area is 158 Å². The summed E-state index contributed by atoms with van der Waals surface area (Å²) < 4.78 is 48.5. The molecule has 1 aliphatic rings. The molecule has 0 unspecified atom stereocenters. The van der Waals surface area contributed by atoms with Gasteiger partial charge in [0.05, 0.1) is 25.8 Å². The van der Waals surface area contributed by atoms with Crippen LogP contribution in [0, 0.1) is 0 Å². The van der Waals surface area contributed by atoms with Gasteiger partial charge in [-0.15, -0.1) is 0 Å². The molecule has 1 saturated heterocycles. The second-order valence-electron chi connectivity index (χ2n) is 6.10. The number of hydrogen-bond acceptors (Lipinski definition) is 4. The number of halogens is 3. The Morgan fingerprint density at radius 2 is 1.96 bits per heavy atom. The minimum atomic E-state index is -4.53. The monoisotopic (exact) mass is 394 g/mol. The van der Waals surface area contributed by atoms with Crippen molar-refractivity contribution in [3.8, 4) is 5.75 Å². The highest BCUT2D eigenvalue weighted by Crippen LogP contribution is 2.29. The summed E-state index contributed by atoms with van der Waals surface area (Å²) in [4.78, 5) is 25.6. The normalized spacial score (nSPS) is 16.6. The predicted octanol–water partition coefficient (Wildman–Crippen LogP) is 3.47. The first-order valence-electron chi connectivity index (χ1n) is 8.35. The molecule has 2 aromatic carbocycles. The van der Waals surface area contributed by atoms with Gasteiger partial charge >= 0.3 is 12.3 Å². The van der Waals surface area contributed by atoms with E-state index in [4.69, 9.17) is 9.47 Å². The molecule has 0 aromatic heterocycles. The maximum Gasteiger partial charge on any atom is 0.416 e. The molecule has 2 aromatic rings. The predicted molar refractivity (Wildman–Crippen MR) is 94.4 cm³/mol. The van der Waals surface area contributed by atoms with Crippen molar-refractivity contribution < 1.29 is 32.2 Å². The number of benzene rings is 2. The van der Waals surface area contributed by atoms with Crippen molar-refractivity contribution >= 4 is 17.7 Å². The molecule has 9 heteroatoms. The zero-order valence-electron chi connectivity index (χ0n) is 14.8. The fourth-order valence-electron chi connectivity index (χ4n) is 2.75. The van der Waals surface area contributed by atoms with Crippen molar-refractivity contribution in [2.24, 2.45) is 0 Å². The molecule has 1 fully saturated rings. The van der Waals surface area contributed by atoms with E-state index < -0.39 is 29.8 Å². The molecule has 1 N–H and O–H groups in total. The number of cyclic esters (lactones) is 1. The van der Waals surface area contributed by atoms with Crippen molar-refractivity contribution in [1.29, 1.82) is 0 Å². The summed E-state index contributed by atoms with van der Waals surface area (Å²) >= 11 is 0. The third kappa shape index (κ3) is 4.36. The number of nitrogens with one attached hydrogen (secondary N) is 1. The van der Waals surface area contributed by atoms with Crippen LogP contribution in [0.4, 0.5) is 23.7 Å². The first-order valence-corrected chi connectivity index (χ1v) is 8.35. The van der Waals surface area contributed by atoms with Crippen molar-refractivity contribution in [2.75, 3.05) is 25.1 Å². The van der Waals surface area contributed by atoms with Gasteiger partial charge in [-0.1, -0.05) is 6.07 Å². The van der Waals surface area contributed by atoms with Gasteiger partial charge in [-0.3, -0.25) is 9.69 Å². The summed E-state index contributed by atoms with van der Waals surface area (Å²) in [7, 11) is 1.53. The molecule has 6 nitrogen and oxygen atoms in total. The number of anilines is 1. The molecule has 1 aliphatic heterocycles. The zero-order valence-corrected chi connectivity index (χ0v) is 14.8. The summed E-state index contributed by atoms with van der Waals surface area (Å²) in [5.74, 6) is -0.0359. The Kier molecular flexibility index (Phi) is 5.43. The number of alkyl halides is 3. The number of carbonyl (C=O) groups excluding carboxylic acids is 2. The molecule has 0 spiro atoms. The molecule has 0 radical (unpaired) electrons. The molecule has 148 valence electrons. The summed E-state index contributed by atoms with van der Waals surface area (Å²) in [6, 6.07) is 10.9. The first-order chi connectivity index (χ1) is 13.3. The Hall–Kier alpha value is -3.23. The molecular weight excluding hydrogens is 377 g/mol. The van der Waals surface area contributed by atoms with Crippen molar-refractivity contribution in [3.63, 3.8) is 0 Å². The van der Waals surface area contributed by atoms with Crippen LogP contribution in [0.5, 0.6) is 5.75 Å². The van der Waals surface area contributed by atoms with Gasteiger partial charge in [0.15, 0.2) is 0 Å². The smallest absolute Gasteiger partial charge is 0.416 e. The van der Waals surface area contributed by atoms with Crippen LogP contribution in [-0.4, -0.2) is 38.3 Å². The molecule has 1 atom stereocenters. The van der Waals surface area contributed by atoms with Crippen LogP contribution in [0.1, 0.15) is 15.9 Å². The van der Waals surface area contributed by atoms with E-state index in [1.807, 2.05) is 0 Å². The van der Waals surface area contributed by atoms with Crippen LogP contribution >= 0.6 is 0 Å². The molecular formula is C19H17F3N2O4. The van der Waals surface area contributed by atoms with E-state index in [0.29, 0.717) is 11.4 Å². The lowest BCUT2D eigenvalue weighted by Gasteiger charge is -2.14. The van der Waals surface area contributed by atoms with Crippen LogP contribution < -0.4 is 15.0 Å². The molecule has 2 amide bonds. The molecule has 1 heterocycles. The quantitative estimate of drug-likeness (QED) is 0.843. The highest BCUT2D eigenvalue weighted by atomic mass is 19.4. The molecule has 0 saturated carbocycles. The molecule has 3 rings (SSSR count). The lowest BCUT2D eigenvalue weighted by atomic mass is 10.1. The van der Waals surface area contributed by atoms with E-state index in [0.717, 1.165) is 12.1 Å². The second kappa shape index (κ2) is 7.79. The molecule has 0 bridgehead atoms. The topological polar surface area (TPSA) is 67.9 Å². The minimum Gasteiger partial charge on any atom is -0.497 e. The third-order valence-corrected chi connectivity index (χ3v) is 4.20. The van der Waals surface area contributed by atoms with Gasteiger partial charge in [0.1, 0.15) is 11.9 Å². The number of rotatable bonds is 5. The van der Waals surface area contributed by atoms with Crippen molar-refractivity contribution in [2.45, 2.75) is 12.3 Å². The van der Waals surface area contributed by atoms with Crippen LogP contribution in [0.2, 0.25) is 0 Å². The van der Waals surface area contributed by atoms with E-state index >= 15 is 0 Å². The first kappa shape index (κ1) is 19.5. The van der Waals surface area contributed by atoms with Gasteiger partial charge in [0, 0.05) is 11.3 Å². The van der Waals surface area contributed by atoms with Crippen LogP contribution in [0.3, 0.4) is 0 Å². The van der Waals surface area contributed by atoms with Gasteiger partial charge in [0.2, 0.25) is 0 Å². The van der Waals surface area contributed by atoms with Gasteiger partial charge in [0.25, 0.3) is 5.91 Å². The van der Waals surface area contributed by atoms with E-state index in [1.54, 1.807) is 24.3 Å². The van der Waals surface area contributed by atoms with E-state index in [-0.39, 0.29) is 18.7 Å². The zero-order chi connectivity index (χ0) is 20.3. The lowest BCUT2D eigenvalue weighted by Crippen LogP contribution is -2.34. The maximum atomic E-state index is 12.8. The van der Waals surface area contributed by atoms with E-state index in [1.165, 1.54) is 24.1 Å². The van der Waals surface area contributed by atoms with Crippen LogP contribution in [0.15, 0.2) is 48.5 Å². The maximum absolute atomic E-state index is 12.8.